The fourth-order valence-corrected chi connectivity index (χ4v) is 4.31. The molecule has 1 aliphatic heterocycles. The summed E-state index contributed by atoms with van der Waals surface area (Å²) in [7, 11) is 0. The molecule has 0 saturated carbocycles. The van der Waals surface area contributed by atoms with Gasteiger partial charge in [0, 0.05) is 36.0 Å². The number of benzene rings is 1. The lowest BCUT2D eigenvalue weighted by atomic mass is 10.2. The van der Waals surface area contributed by atoms with Crippen molar-refractivity contribution in [1.29, 1.82) is 0 Å². The molecule has 158 valence electrons. The molecule has 1 amide bonds. The van der Waals surface area contributed by atoms with Crippen LogP contribution < -0.4 is 10.2 Å². The standard InChI is InChI=1S/C21H25ClN6OS/c1-2-13-30-21-25-18(27-10-3-4-11-27)17-14-24-28(19(17)26-21)12-9-23-20(29)15-5-7-16(22)8-6-15/h5-8,14H,2-4,9-13H2,1H3,(H,23,29). The molecule has 0 spiro atoms. The minimum atomic E-state index is -0.130. The normalized spacial score (nSPS) is 13.9. The van der Waals surface area contributed by atoms with Gasteiger partial charge in [0.1, 0.15) is 5.82 Å². The molecule has 7 nitrogen and oxygen atoms in total. The zero-order chi connectivity index (χ0) is 20.9. The predicted molar refractivity (Wildman–Crippen MR) is 122 cm³/mol. The summed E-state index contributed by atoms with van der Waals surface area (Å²) in [5, 5.41) is 9.85. The van der Waals surface area contributed by atoms with Gasteiger partial charge in [0.2, 0.25) is 0 Å². The molecule has 4 rings (SSSR count). The second-order valence-corrected chi connectivity index (χ2v) is 8.74. The molecule has 2 aromatic heterocycles. The van der Waals surface area contributed by atoms with E-state index in [4.69, 9.17) is 21.6 Å². The molecule has 0 unspecified atom stereocenters. The maximum Gasteiger partial charge on any atom is 0.251 e. The van der Waals surface area contributed by atoms with Crippen molar-refractivity contribution >= 4 is 46.1 Å². The summed E-state index contributed by atoms with van der Waals surface area (Å²) in [4.78, 5) is 24.3. The number of rotatable bonds is 8. The number of anilines is 1. The van der Waals surface area contributed by atoms with Crippen LogP contribution in [0.2, 0.25) is 5.02 Å². The molecular formula is C21H25ClN6OS. The number of hydrogen-bond donors (Lipinski definition) is 1. The molecule has 0 atom stereocenters. The van der Waals surface area contributed by atoms with Gasteiger partial charge in [-0.1, -0.05) is 30.3 Å². The summed E-state index contributed by atoms with van der Waals surface area (Å²) in [6.45, 7) is 5.19. The average molecular weight is 445 g/mol. The Hall–Kier alpha value is -2.32. The smallest absolute Gasteiger partial charge is 0.251 e. The van der Waals surface area contributed by atoms with Crippen LogP contribution in [-0.4, -0.2) is 51.0 Å². The summed E-state index contributed by atoms with van der Waals surface area (Å²) in [5.74, 6) is 1.83. The van der Waals surface area contributed by atoms with Crippen LogP contribution in [0.5, 0.6) is 0 Å². The predicted octanol–water partition coefficient (Wildman–Crippen LogP) is 4.01. The quantitative estimate of drug-likeness (QED) is 0.418. The number of fused-ring (bicyclic) bond motifs is 1. The van der Waals surface area contributed by atoms with Gasteiger partial charge >= 0.3 is 0 Å². The number of amides is 1. The highest BCUT2D eigenvalue weighted by Gasteiger charge is 2.20. The Bertz CT molecular complexity index is 1020. The van der Waals surface area contributed by atoms with Crippen molar-refractivity contribution in [2.45, 2.75) is 37.9 Å². The molecule has 0 bridgehead atoms. The molecule has 0 radical (unpaired) electrons. The van der Waals surface area contributed by atoms with E-state index in [0.717, 1.165) is 47.3 Å². The van der Waals surface area contributed by atoms with Crippen molar-refractivity contribution in [1.82, 2.24) is 25.1 Å². The van der Waals surface area contributed by atoms with Gasteiger partial charge in [-0.25, -0.2) is 14.6 Å². The topological polar surface area (TPSA) is 75.9 Å². The fraction of sp³-hybridized carbons (Fsp3) is 0.429. The zero-order valence-corrected chi connectivity index (χ0v) is 18.5. The largest absolute Gasteiger partial charge is 0.356 e. The third-order valence-corrected chi connectivity index (χ3v) is 6.32. The Morgan fingerprint density at radius 3 is 2.70 bits per heavy atom. The van der Waals surface area contributed by atoms with Crippen molar-refractivity contribution < 1.29 is 4.79 Å². The molecule has 1 aliphatic rings. The first-order valence-corrected chi connectivity index (χ1v) is 11.7. The van der Waals surface area contributed by atoms with E-state index in [9.17, 15) is 4.79 Å². The van der Waals surface area contributed by atoms with Crippen LogP contribution in [0.25, 0.3) is 11.0 Å². The van der Waals surface area contributed by atoms with Gasteiger partial charge < -0.3 is 10.2 Å². The highest BCUT2D eigenvalue weighted by atomic mass is 35.5. The minimum absolute atomic E-state index is 0.130. The maximum atomic E-state index is 12.3. The zero-order valence-electron chi connectivity index (χ0n) is 17.0. The van der Waals surface area contributed by atoms with Crippen molar-refractivity contribution in [3.8, 4) is 0 Å². The van der Waals surface area contributed by atoms with Gasteiger partial charge in [-0.05, 0) is 43.5 Å². The third-order valence-electron chi connectivity index (χ3n) is 5.01. The van der Waals surface area contributed by atoms with Gasteiger partial charge in [-0.15, -0.1) is 0 Å². The van der Waals surface area contributed by atoms with Crippen LogP contribution in [0.1, 0.15) is 36.5 Å². The highest BCUT2D eigenvalue weighted by molar-refractivity contribution is 7.99. The second-order valence-electron chi connectivity index (χ2n) is 7.24. The van der Waals surface area contributed by atoms with Crippen LogP contribution in [0.15, 0.2) is 35.6 Å². The van der Waals surface area contributed by atoms with Crippen LogP contribution in [0, 0.1) is 0 Å². The summed E-state index contributed by atoms with van der Waals surface area (Å²) < 4.78 is 1.86. The number of halogens is 1. The molecule has 9 heteroatoms. The molecular weight excluding hydrogens is 420 g/mol. The molecule has 30 heavy (non-hydrogen) atoms. The van der Waals surface area contributed by atoms with E-state index in [2.05, 4.69) is 22.2 Å². The molecule has 1 aromatic carbocycles. The first-order chi connectivity index (χ1) is 14.7. The number of carbonyl (C=O) groups excluding carboxylic acids is 1. The third kappa shape index (κ3) is 4.70. The van der Waals surface area contributed by atoms with Crippen molar-refractivity contribution in [3.63, 3.8) is 0 Å². The molecule has 0 aliphatic carbocycles. The summed E-state index contributed by atoms with van der Waals surface area (Å²) in [6.07, 6.45) is 5.29. The number of hydrogen-bond acceptors (Lipinski definition) is 6. The average Bonchev–Trinajstić information content (AvgIpc) is 3.43. The second kappa shape index (κ2) is 9.66. The van der Waals surface area contributed by atoms with Gasteiger partial charge in [0.15, 0.2) is 10.8 Å². The van der Waals surface area contributed by atoms with E-state index in [1.54, 1.807) is 36.0 Å². The van der Waals surface area contributed by atoms with Crippen LogP contribution >= 0.6 is 23.4 Å². The lowest BCUT2D eigenvalue weighted by molar-refractivity contribution is 0.0952. The van der Waals surface area contributed by atoms with E-state index in [0.29, 0.717) is 23.7 Å². The van der Waals surface area contributed by atoms with E-state index >= 15 is 0 Å². The molecule has 3 aromatic rings. The molecule has 1 fully saturated rings. The minimum Gasteiger partial charge on any atom is -0.356 e. The lowest BCUT2D eigenvalue weighted by Gasteiger charge is -2.18. The number of nitrogens with one attached hydrogen (secondary N) is 1. The molecule has 1 saturated heterocycles. The van der Waals surface area contributed by atoms with E-state index in [-0.39, 0.29) is 5.91 Å². The highest BCUT2D eigenvalue weighted by Crippen LogP contribution is 2.29. The van der Waals surface area contributed by atoms with Crippen molar-refractivity contribution in [2.24, 2.45) is 0 Å². The van der Waals surface area contributed by atoms with Crippen LogP contribution in [-0.2, 0) is 6.54 Å². The molecule has 3 heterocycles. The Labute approximate surface area is 185 Å². The number of carbonyl (C=O) groups is 1. The summed E-state index contributed by atoms with van der Waals surface area (Å²) in [6, 6.07) is 6.86. The van der Waals surface area contributed by atoms with Crippen molar-refractivity contribution in [3.05, 3.63) is 41.0 Å². The van der Waals surface area contributed by atoms with E-state index in [1.807, 2.05) is 10.9 Å². The summed E-state index contributed by atoms with van der Waals surface area (Å²) >= 11 is 7.56. The van der Waals surface area contributed by atoms with Crippen LogP contribution in [0.3, 0.4) is 0 Å². The lowest BCUT2D eigenvalue weighted by Crippen LogP contribution is -2.27. The van der Waals surface area contributed by atoms with Gasteiger partial charge in [0.05, 0.1) is 18.1 Å². The van der Waals surface area contributed by atoms with Crippen molar-refractivity contribution in [2.75, 3.05) is 30.3 Å². The first kappa shape index (κ1) is 20.9. The number of thioether (sulfide) groups is 1. The van der Waals surface area contributed by atoms with E-state index in [1.165, 1.54) is 12.8 Å². The SMILES string of the molecule is CCCSc1nc(N2CCCC2)c2cnn(CCNC(=O)c3ccc(Cl)cc3)c2n1. The Morgan fingerprint density at radius 2 is 1.97 bits per heavy atom. The van der Waals surface area contributed by atoms with Gasteiger partial charge in [0.25, 0.3) is 5.91 Å². The Kier molecular flexibility index (Phi) is 6.74. The Morgan fingerprint density at radius 1 is 1.20 bits per heavy atom. The van der Waals surface area contributed by atoms with E-state index < -0.39 is 0 Å². The van der Waals surface area contributed by atoms with Gasteiger partial charge in [-0.3, -0.25) is 4.79 Å². The molecule has 1 N–H and O–H groups in total. The first-order valence-electron chi connectivity index (χ1n) is 10.3. The maximum absolute atomic E-state index is 12.3. The fourth-order valence-electron chi connectivity index (χ4n) is 3.49. The summed E-state index contributed by atoms with van der Waals surface area (Å²) in [5.41, 5.74) is 1.41. The van der Waals surface area contributed by atoms with Crippen LogP contribution in [0.4, 0.5) is 5.82 Å². The monoisotopic (exact) mass is 444 g/mol. The Balaban J connectivity index is 1.51. The van der Waals surface area contributed by atoms with Gasteiger partial charge in [-0.2, -0.15) is 5.10 Å². The number of aromatic nitrogens is 4. The number of nitrogens with zero attached hydrogens (tertiary/aromatic N) is 5.